The van der Waals surface area contributed by atoms with E-state index in [0.29, 0.717) is 19.6 Å². The lowest BCUT2D eigenvalue weighted by molar-refractivity contribution is -0.141. The second kappa shape index (κ2) is 7.06. The second-order valence-electron chi connectivity index (χ2n) is 8.67. The molecule has 2 aromatic rings. The first-order chi connectivity index (χ1) is 13.2. The van der Waals surface area contributed by atoms with Crippen LogP contribution in [0.5, 0.6) is 0 Å². The van der Waals surface area contributed by atoms with Gasteiger partial charge in [-0.25, -0.2) is 9.78 Å². The molecule has 28 heavy (non-hydrogen) atoms. The SMILES string of the molecule is CC(C)(C)OC(=O)N1CC2CC(C1)C2C(=O)NCc1ncc2c(Br)cccn12. The molecule has 2 aromatic heterocycles. The Morgan fingerprint density at radius 2 is 2.04 bits per heavy atom. The monoisotopic (exact) mass is 448 g/mol. The molecule has 8 heteroatoms. The van der Waals surface area contributed by atoms with Gasteiger partial charge in [0.15, 0.2) is 0 Å². The van der Waals surface area contributed by atoms with Gasteiger partial charge in [-0.2, -0.15) is 0 Å². The quantitative estimate of drug-likeness (QED) is 0.781. The van der Waals surface area contributed by atoms with Crippen LogP contribution in [0.4, 0.5) is 4.79 Å². The highest BCUT2D eigenvalue weighted by atomic mass is 79.9. The number of fused-ring (bicyclic) bond motifs is 3. The summed E-state index contributed by atoms with van der Waals surface area (Å²) in [6.07, 6.45) is 4.44. The highest BCUT2D eigenvalue weighted by Gasteiger charge is 2.51. The summed E-state index contributed by atoms with van der Waals surface area (Å²) in [4.78, 5) is 31.2. The highest BCUT2D eigenvalue weighted by Crippen LogP contribution is 2.45. The zero-order valence-electron chi connectivity index (χ0n) is 16.3. The largest absolute Gasteiger partial charge is 0.444 e. The number of piperidine rings is 2. The molecule has 150 valence electrons. The lowest BCUT2D eigenvalue weighted by Crippen LogP contribution is -2.61. The summed E-state index contributed by atoms with van der Waals surface area (Å²) < 4.78 is 8.40. The van der Waals surface area contributed by atoms with Crippen LogP contribution in [0, 0.1) is 17.8 Å². The highest BCUT2D eigenvalue weighted by molar-refractivity contribution is 9.10. The smallest absolute Gasteiger partial charge is 0.410 e. The van der Waals surface area contributed by atoms with Gasteiger partial charge in [0.1, 0.15) is 11.4 Å². The van der Waals surface area contributed by atoms with Crippen LogP contribution in [0.15, 0.2) is 29.0 Å². The molecule has 3 aliphatic rings. The molecule has 3 fully saturated rings. The van der Waals surface area contributed by atoms with Gasteiger partial charge < -0.3 is 19.4 Å². The number of amides is 2. The van der Waals surface area contributed by atoms with E-state index < -0.39 is 5.60 Å². The fourth-order valence-corrected chi connectivity index (χ4v) is 4.69. The average Bonchev–Trinajstić information content (AvgIpc) is 3.03. The third-order valence-electron chi connectivity index (χ3n) is 5.50. The number of imidazole rings is 1. The molecule has 2 bridgehead atoms. The number of carbonyl (C=O) groups excluding carboxylic acids is 2. The van der Waals surface area contributed by atoms with Gasteiger partial charge in [-0.1, -0.05) is 0 Å². The van der Waals surface area contributed by atoms with Gasteiger partial charge in [0.2, 0.25) is 5.91 Å². The molecule has 0 spiro atoms. The Bertz CT molecular complexity index is 908. The number of hydrogen-bond donors (Lipinski definition) is 1. The number of carbonyl (C=O) groups is 2. The van der Waals surface area contributed by atoms with Gasteiger partial charge in [-0.3, -0.25) is 4.79 Å². The van der Waals surface area contributed by atoms with Crippen molar-refractivity contribution in [1.29, 1.82) is 0 Å². The van der Waals surface area contributed by atoms with Gasteiger partial charge in [-0.15, -0.1) is 0 Å². The number of hydrogen-bond acceptors (Lipinski definition) is 4. The Hall–Kier alpha value is -2.09. The Labute approximate surface area is 172 Å². The van der Waals surface area contributed by atoms with Gasteiger partial charge in [0.05, 0.1) is 18.3 Å². The van der Waals surface area contributed by atoms with E-state index in [9.17, 15) is 9.59 Å². The summed E-state index contributed by atoms with van der Waals surface area (Å²) >= 11 is 3.51. The Balaban J connectivity index is 1.34. The van der Waals surface area contributed by atoms with E-state index in [-0.39, 0.29) is 29.8 Å². The van der Waals surface area contributed by atoms with Gasteiger partial charge in [0.25, 0.3) is 0 Å². The van der Waals surface area contributed by atoms with Crippen LogP contribution < -0.4 is 5.32 Å². The van der Waals surface area contributed by atoms with Crippen molar-refractivity contribution in [2.75, 3.05) is 13.1 Å². The predicted octanol–water partition coefficient (Wildman–Crippen LogP) is 3.22. The minimum Gasteiger partial charge on any atom is -0.444 e. The lowest BCUT2D eigenvalue weighted by Gasteiger charge is -2.52. The minimum atomic E-state index is -0.503. The van der Waals surface area contributed by atoms with Crippen LogP contribution in [0.25, 0.3) is 5.52 Å². The van der Waals surface area contributed by atoms with Crippen LogP contribution in [0.3, 0.4) is 0 Å². The van der Waals surface area contributed by atoms with Crippen molar-refractivity contribution in [2.45, 2.75) is 39.3 Å². The average molecular weight is 449 g/mol. The first kappa shape index (κ1) is 19.2. The van der Waals surface area contributed by atoms with E-state index in [2.05, 4.69) is 26.2 Å². The molecule has 4 heterocycles. The van der Waals surface area contributed by atoms with Crippen molar-refractivity contribution >= 4 is 33.4 Å². The summed E-state index contributed by atoms with van der Waals surface area (Å²) in [7, 11) is 0. The van der Waals surface area contributed by atoms with Crippen molar-refractivity contribution in [1.82, 2.24) is 19.6 Å². The number of nitrogens with zero attached hydrogens (tertiary/aromatic N) is 3. The van der Waals surface area contributed by atoms with Crippen LogP contribution in [0.1, 0.15) is 33.0 Å². The van der Waals surface area contributed by atoms with E-state index in [1.54, 1.807) is 11.1 Å². The fourth-order valence-electron chi connectivity index (χ4n) is 4.25. The molecule has 2 atom stereocenters. The Kier molecular flexibility index (Phi) is 4.85. The summed E-state index contributed by atoms with van der Waals surface area (Å²) in [6.45, 7) is 7.15. The molecule has 5 rings (SSSR count). The van der Waals surface area contributed by atoms with E-state index in [1.807, 2.05) is 43.5 Å². The van der Waals surface area contributed by atoms with Crippen molar-refractivity contribution < 1.29 is 14.3 Å². The van der Waals surface area contributed by atoms with Crippen molar-refractivity contribution in [2.24, 2.45) is 17.8 Å². The summed E-state index contributed by atoms with van der Waals surface area (Å²) in [5, 5.41) is 3.04. The topological polar surface area (TPSA) is 75.9 Å². The van der Waals surface area contributed by atoms with Crippen molar-refractivity contribution in [3.8, 4) is 0 Å². The van der Waals surface area contributed by atoms with Crippen LogP contribution >= 0.6 is 15.9 Å². The van der Waals surface area contributed by atoms with E-state index >= 15 is 0 Å². The maximum atomic E-state index is 12.8. The zero-order valence-corrected chi connectivity index (χ0v) is 17.9. The molecule has 2 unspecified atom stereocenters. The maximum absolute atomic E-state index is 12.8. The van der Waals surface area contributed by atoms with Gasteiger partial charge >= 0.3 is 6.09 Å². The Morgan fingerprint density at radius 3 is 2.71 bits per heavy atom. The molecule has 1 aliphatic carbocycles. The summed E-state index contributed by atoms with van der Waals surface area (Å²) in [6, 6.07) is 3.90. The van der Waals surface area contributed by atoms with E-state index in [1.165, 1.54) is 0 Å². The minimum absolute atomic E-state index is 0.0309. The summed E-state index contributed by atoms with van der Waals surface area (Å²) in [5.41, 5.74) is 0.470. The van der Waals surface area contributed by atoms with Crippen molar-refractivity contribution in [3.05, 3.63) is 34.8 Å². The molecular weight excluding hydrogens is 424 g/mol. The fraction of sp³-hybridized carbons (Fsp3) is 0.550. The second-order valence-corrected chi connectivity index (χ2v) is 9.52. The standard InChI is InChI=1S/C20H25BrN4O3/c1-20(2,3)28-19(27)24-10-12-7-13(11-24)17(12)18(26)23-9-16-22-8-15-14(21)5-4-6-25(15)16/h4-6,8,12-13,17H,7,9-11H2,1-3H3,(H,23,26). The van der Waals surface area contributed by atoms with Gasteiger partial charge in [0, 0.05) is 29.7 Å². The number of aromatic nitrogens is 2. The van der Waals surface area contributed by atoms with Crippen LogP contribution in [-0.4, -0.2) is 45.0 Å². The van der Waals surface area contributed by atoms with Crippen LogP contribution in [0.2, 0.25) is 0 Å². The first-order valence-electron chi connectivity index (χ1n) is 9.59. The molecule has 0 aromatic carbocycles. The third kappa shape index (κ3) is 3.62. The normalized spacial score (nSPS) is 24.0. The molecule has 2 aliphatic heterocycles. The first-order valence-corrected chi connectivity index (χ1v) is 10.4. The molecular formula is C20H25BrN4O3. The third-order valence-corrected chi connectivity index (χ3v) is 6.17. The summed E-state index contributed by atoms with van der Waals surface area (Å²) in [5.74, 6) is 1.23. The van der Waals surface area contributed by atoms with Crippen LogP contribution in [-0.2, 0) is 16.1 Å². The maximum Gasteiger partial charge on any atom is 0.410 e. The molecule has 1 saturated carbocycles. The molecule has 1 N–H and O–H groups in total. The van der Waals surface area contributed by atoms with E-state index in [4.69, 9.17) is 4.74 Å². The molecule has 2 amide bonds. The predicted molar refractivity (Wildman–Crippen MR) is 108 cm³/mol. The number of pyridine rings is 1. The zero-order chi connectivity index (χ0) is 20.1. The molecule has 7 nitrogen and oxygen atoms in total. The van der Waals surface area contributed by atoms with Crippen molar-refractivity contribution in [3.63, 3.8) is 0 Å². The lowest BCUT2D eigenvalue weighted by atomic mass is 9.61. The number of nitrogens with one attached hydrogen (secondary N) is 1. The Morgan fingerprint density at radius 1 is 1.32 bits per heavy atom. The van der Waals surface area contributed by atoms with E-state index in [0.717, 1.165) is 22.2 Å². The number of halogens is 1. The molecule has 2 saturated heterocycles. The number of rotatable bonds is 3. The van der Waals surface area contributed by atoms with Gasteiger partial charge in [-0.05, 0) is 67.1 Å². The number of ether oxygens (including phenoxy) is 1. The molecule has 0 radical (unpaired) electrons.